The molecule has 0 aliphatic carbocycles. The molecule has 7 nitrogen and oxygen atoms in total. The van der Waals surface area contributed by atoms with Gasteiger partial charge in [-0.25, -0.2) is 14.4 Å². The van der Waals surface area contributed by atoms with Crippen molar-refractivity contribution < 1.29 is 23.5 Å². The molecule has 9 heteroatoms. The summed E-state index contributed by atoms with van der Waals surface area (Å²) in [5, 5.41) is 3.42. The van der Waals surface area contributed by atoms with Crippen LogP contribution in [0, 0.1) is 0 Å². The Kier molecular flexibility index (Phi) is 8.20. The van der Waals surface area contributed by atoms with Crippen molar-refractivity contribution in [2.75, 3.05) is 12.0 Å². The van der Waals surface area contributed by atoms with E-state index < -0.39 is 29.3 Å². The van der Waals surface area contributed by atoms with Crippen LogP contribution in [0.4, 0.5) is 4.79 Å². The zero-order valence-electron chi connectivity index (χ0n) is 17.7. The Morgan fingerprint density at radius 3 is 2.57 bits per heavy atom. The zero-order chi connectivity index (χ0) is 22.5. The molecular weight excluding hydrogens is 430 g/mol. The van der Waals surface area contributed by atoms with Gasteiger partial charge in [0.1, 0.15) is 17.2 Å². The van der Waals surface area contributed by atoms with Gasteiger partial charge in [-0.1, -0.05) is 18.5 Å². The van der Waals surface area contributed by atoms with Crippen molar-refractivity contribution in [1.29, 1.82) is 0 Å². The molecular formula is C21H26ClNO6S. The third-order valence-electron chi connectivity index (χ3n) is 4.06. The Morgan fingerprint density at radius 1 is 1.27 bits per heavy atom. The summed E-state index contributed by atoms with van der Waals surface area (Å²) < 4.78 is 15.9. The number of esters is 1. The first kappa shape index (κ1) is 24.1. The summed E-state index contributed by atoms with van der Waals surface area (Å²) in [5.41, 5.74) is -0.144. The molecule has 0 radical (unpaired) electrons. The minimum absolute atomic E-state index is 0.0470. The highest BCUT2D eigenvalue weighted by Crippen LogP contribution is 2.31. The number of thioether (sulfide) groups is 1. The van der Waals surface area contributed by atoms with E-state index in [1.807, 2.05) is 13.2 Å². The van der Waals surface area contributed by atoms with Gasteiger partial charge >= 0.3 is 17.7 Å². The first-order chi connectivity index (χ1) is 14.0. The molecule has 1 aromatic heterocycles. The van der Waals surface area contributed by atoms with Crippen LogP contribution in [0.25, 0.3) is 11.0 Å². The number of rotatable bonds is 7. The Morgan fingerprint density at radius 2 is 1.97 bits per heavy atom. The molecule has 0 saturated heterocycles. The van der Waals surface area contributed by atoms with Crippen molar-refractivity contribution >= 4 is 46.4 Å². The zero-order valence-corrected chi connectivity index (χ0v) is 19.2. The van der Waals surface area contributed by atoms with Crippen LogP contribution < -0.4 is 15.7 Å². The van der Waals surface area contributed by atoms with Crippen molar-refractivity contribution in [1.82, 2.24) is 5.32 Å². The molecule has 1 heterocycles. The lowest BCUT2D eigenvalue weighted by Gasteiger charge is -2.23. The van der Waals surface area contributed by atoms with E-state index in [9.17, 15) is 14.4 Å². The number of ether oxygens (including phenoxy) is 2. The van der Waals surface area contributed by atoms with Gasteiger partial charge < -0.3 is 19.2 Å². The van der Waals surface area contributed by atoms with Gasteiger partial charge in [-0.05, 0) is 57.3 Å². The molecule has 2 aromatic rings. The van der Waals surface area contributed by atoms with Gasteiger partial charge in [0.2, 0.25) is 0 Å². The average Bonchev–Trinajstić information content (AvgIpc) is 2.63. The lowest BCUT2D eigenvalue weighted by molar-refractivity contribution is -0.136. The summed E-state index contributed by atoms with van der Waals surface area (Å²) >= 11 is 7.83. The highest BCUT2D eigenvalue weighted by atomic mass is 35.5. The number of hydrogen-bond acceptors (Lipinski definition) is 7. The number of halogens is 1. The molecule has 2 rings (SSSR count). The monoisotopic (exact) mass is 455 g/mol. The number of carbonyl (C=O) groups excluding carboxylic acids is 2. The molecule has 0 saturated carbocycles. The standard InChI is InChI=1S/C21H26ClNO6S/c1-6-12-9-18(24)27-16-11-17(14(22)10-13(12)16)28-19(25)15(7-8-30-5)23-20(26)29-21(2,3)4/h9-11,15H,6-8H2,1-5H3,(H,23,26)/t15-/m0/s1. The summed E-state index contributed by atoms with van der Waals surface area (Å²) in [4.78, 5) is 36.6. The average molecular weight is 456 g/mol. The smallest absolute Gasteiger partial charge is 0.408 e. The van der Waals surface area contributed by atoms with Crippen molar-refractivity contribution in [3.8, 4) is 5.75 Å². The van der Waals surface area contributed by atoms with Gasteiger partial charge in [0.05, 0.1) is 5.02 Å². The van der Waals surface area contributed by atoms with Crippen LogP contribution in [0.3, 0.4) is 0 Å². The number of benzene rings is 1. The summed E-state index contributed by atoms with van der Waals surface area (Å²) in [7, 11) is 0. The molecule has 1 atom stereocenters. The van der Waals surface area contributed by atoms with E-state index in [4.69, 9.17) is 25.5 Å². The lowest BCUT2D eigenvalue weighted by Crippen LogP contribution is -2.45. The van der Waals surface area contributed by atoms with Crippen LogP contribution in [0.15, 0.2) is 27.4 Å². The van der Waals surface area contributed by atoms with E-state index in [-0.39, 0.29) is 16.4 Å². The number of hydrogen-bond donors (Lipinski definition) is 1. The summed E-state index contributed by atoms with van der Waals surface area (Å²) in [6, 6.07) is 3.50. The minimum atomic E-state index is -0.923. The van der Waals surface area contributed by atoms with E-state index in [1.54, 1.807) is 26.8 Å². The fourth-order valence-corrected chi connectivity index (χ4v) is 3.39. The predicted molar refractivity (Wildman–Crippen MR) is 119 cm³/mol. The fourth-order valence-electron chi connectivity index (χ4n) is 2.71. The number of nitrogens with one attached hydrogen (secondary N) is 1. The Hall–Kier alpha value is -2.19. The maximum atomic E-state index is 12.7. The lowest BCUT2D eigenvalue weighted by atomic mass is 10.1. The van der Waals surface area contributed by atoms with Crippen molar-refractivity contribution in [2.45, 2.75) is 52.2 Å². The second-order valence-corrected chi connectivity index (χ2v) is 9.02. The van der Waals surface area contributed by atoms with Gasteiger partial charge in [-0.3, -0.25) is 0 Å². The van der Waals surface area contributed by atoms with Crippen LogP contribution in [-0.2, 0) is 16.0 Å². The quantitative estimate of drug-likeness (QED) is 0.371. The molecule has 0 aliphatic heterocycles. The van der Waals surface area contributed by atoms with E-state index in [0.29, 0.717) is 24.0 Å². The predicted octanol–water partition coefficient (Wildman–Crippen LogP) is 4.56. The highest BCUT2D eigenvalue weighted by molar-refractivity contribution is 7.98. The van der Waals surface area contributed by atoms with Crippen LogP contribution in [-0.4, -0.2) is 35.7 Å². The topological polar surface area (TPSA) is 94.8 Å². The normalized spacial score (nSPS) is 12.5. The number of alkyl carbamates (subject to hydrolysis) is 1. The number of carbonyl (C=O) groups is 2. The molecule has 30 heavy (non-hydrogen) atoms. The first-order valence-corrected chi connectivity index (χ1v) is 11.3. The van der Waals surface area contributed by atoms with Crippen molar-refractivity contribution in [3.05, 3.63) is 39.2 Å². The molecule has 1 aromatic carbocycles. The molecule has 0 spiro atoms. The molecule has 164 valence electrons. The molecule has 1 N–H and O–H groups in total. The van der Waals surface area contributed by atoms with Crippen LogP contribution >= 0.6 is 23.4 Å². The van der Waals surface area contributed by atoms with Gasteiger partial charge in [0.15, 0.2) is 5.75 Å². The third kappa shape index (κ3) is 6.67. The fraction of sp³-hybridized carbons (Fsp3) is 0.476. The number of fused-ring (bicyclic) bond motifs is 1. The second kappa shape index (κ2) is 10.2. The van der Waals surface area contributed by atoms with E-state index in [1.165, 1.54) is 23.9 Å². The Labute approximate surface area is 184 Å². The maximum absolute atomic E-state index is 12.7. The van der Waals surface area contributed by atoms with E-state index in [0.717, 1.165) is 5.56 Å². The Balaban J connectivity index is 2.27. The summed E-state index contributed by atoms with van der Waals surface area (Å²) in [6.07, 6.45) is 2.14. The first-order valence-electron chi connectivity index (χ1n) is 9.50. The SMILES string of the molecule is CCc1cc(=O)oc2cc(OC(=O)[C@H](CCSC)NC(=O)OC(C)(C)C)c(Cl)cc12. The van der Waals surface area contributed by atoms with Gasteiger partial charge in [-0.2, -0.15) is 11.8 Å². The van der Waals surface area contributed by atoms with Crippen molar-refractivity contribution in [2.24, 2.45) is 0 Å². The van der Waals surface area contributed by atoms with E-state index >= 15 is 0 Å². The Bertz CT molecular complexity index is 982. The highest BCUT2D eigenvalue weighted by Gasteiger charge is 2.26. The van der Waals surface area contributed by atoms with E-state index in [2.05, 4.69) is 5.32 Å². The molecule has 0 bridgehead atoms. The second-order valence-electron chi connectivity index (χ2n) is 7.62. The molecule has 0 aliphatic rings. The van der Waals surface area contributed by atoms with Gasteiger partial charge in [-0.15, -0.1) is 0 Å². The third-order valence-corrected chi connectivity index (χ3v) is 5.00. The van der Waals surface area contributed by atoms with Crippen LogP contribution in [0.2, 0.25) is 5.02 Å². The summed E-state index contributed by atoms with van der Waals surface area (Å²) in [6.45, 7) is 7.10. The largest absolute Gasteiger partial charge is 0.444 e. The number of aryl methyl sites for hydroxylation is 1. The van der Waals surface area contributed by atoms with Gasteiger partial charge in [0.25, 0.3) is 0 Å². The van der Waals surface area contributed by atoms with Gasteiger partial charge in [0, 0.05) is 17.5 Å². The molecule has 0 unspecified atom stereocenters. The minimum Gasteiger partial charge on any atom is -0.444 e. The molecule has 1 amide bonds. The van der Waals surface area contributed by atoms with Crippen LogP contribution in [0.5, 0.6) is 5.75 Å². The molecule has 0 fully saturated rings. The van der Waals surface area contributed by atoms with Crippen molar-refractivity contribution in [3.63, 3.8) is 0 Å². The number of amides is 1. The summed E-state index contributed by atoms with van der Waals surface area (Å²) in [5.74, 6) is -0.0219. The maximum Gasteiger partial charge on any atom is 0.408 e. The van der Waals surface area contributed by atoms with Crippen LogP contribution in [0.1, 0.15) is 39.7 Å².